The number of carbonyl (C=O) groups excluding carboxylic acids is 2. The molecule has 0 N–H and O–H groups in total. The van der Waals surface area contributed by atoms with Crippen molar-refractivity contribution < 1.29 is 22.4 Å². The molecule has 0 bridgehead atoms. The van der Waals surface area contributed by atoms with Crippen molar-refractivity contribution in [3.05, 3.63) is 101 Å². The first-order valence-electron chi connectivity index (χ1n) is 12.1. The molecule has 190 valence electrons. The molecular formula is C28H26FN3O4S. The van der Waals surface area contributed by atoms with Gasteiger partial charge in [-0.2, -0.15) is 0 Å². The third-order valence-corrected chi connectivity index (χ3v) is 8.13. The first-order chi connectivity index (χ1) is 17.8. The van der Waals surface area contributed by atoms with E-state index in [1.807, 2.05) is 12.1 Å². The number of carbonyl (C=O) groups is 2. The average Bonchev–Trinajstić information content (AvgIpc) is 3.48. The van der Waals surface area contributed by atoms with Crippen LogP contribution < -0.4 is 0 Å². The van der Waals surface area contributed by atoms with Gasteiger partial charge in [-0.05, 0) is 59.0 Å². The van der Waals surface area contributed by atoms with E-state index in [1.54, 1.807) is 58.6 Å². The number of nitrogens with zero attached hydrogens (tertiary/aromatic N) is 3. The Hall–Kier alpha value is -3.85. The number of benzene rings is 2. The molecule has 1 aromatic heterocycles. The summed E-state index contributed by atoms with van der Waals surface area (Å²) in [6, 6.07) is 15.4. The van der Waals surface area contributed by atoms with Crippen LogP contribution in [0.2, 0.25) is 0 Å². The minimum absolute atomic E-state index is 0.112. The normalized spacial score (nSPS) is 19.2. The molecule has 0 saturated carbocycles. The number of hydrogen-bond donors (Lipinski definition) is 0. The van der Waals surface area contributed by atoms with E-state index in [9.17, 15) is 22.4 Å². The fraction of sp³-hybridized carbons (Fsp3) is 0.250. The van der Waals surface area contributed by atoms with Crippen LogP contribution in [0.1, 0.15) is 30.0 Å². The number of aromatic nitrogens is 1. The van der Waals surface area contributed by atoms with Crippen molar-refractivity contribution in [2.45, 2.75) is 31.5 Å². The first-order valence-corrected chi connectivity index (χ1v) is 13.8. The Morgan fingerprint density at radius 3 is 2.24 bits per heavy atom. The third-order valence-electron chi connectivity index (χ3n) is 6.76. The Morgan fingerprint density at radius 1 is 1.03 bits per heavy atom. The minimum Gasteiger partial charge on any atom is -0.329 e. The molecule has 3 aromatic rings. The summed E-state index contributed by atoms with van der Waals surface area (Å²) in [7, 11) is -3.42. The average molecular weight is 520 g/mol. The quantitative estimate of drug-likeness (QED) is 0.473. The van der Waals surface area contributed by atoms with Crippen LogP contribution in [0.3, 0.4) is 0 Å². The van der Waals surface area contributed by atoms with Crippen LogP contribution in [-0.4, -0.2) is 53.4 Å². The smallest absolute Gasteiger partial charge is 0.250 e. The zero-order valence-corrected chi connectivity index (χ0v) is 20.9. The van der Waals surface area contributed by atoms with Gasteiger partial charge in [-0.1, -0.05) is 36.4 Å². The third kappa shape index (κ3) is 5.46. The van der Waals surface area contributed by atoms with E-state index in [1.165, 1.54) is 18.2 Å². The van der Waals surface area contributed by atoms with E-state index < -0.39 is 21.9 Å². The van der Waals surface area contributed by atoms with Crippen LogP contribution in [0, 0.1) is 5.82 Å². The first kappa shape index (κ1) is 24.8. The van der Waals surface area contributed by atoms with Gasteiger partial charge in [-0.3, -0.25) is 14.6 Å². The van der Waals surface area contributed by atoms with Crippen molar-refractivity contribution in [3.8, 4) is 11.1 Å². The number of halogens is 1. The molecule has 2 amide bonds. The molecule has 1 fully saturated rings. The van der Waals surface area contributed by atoms with Gasteiger partial charge < -0.3 is 9.80 Å². The second kappa shape index (κ2) is 10.3. The lowest BCUT2D eigenvalue weighted by Crippen LogP contribution is -2.47. The molecule has 0 radical (unpaired) electrons. The number of rotatable bonds is 7. The fourth-order valence-corrected chi connectivity index (χ4v) is 6.15. The molecule has 2 unspecified atom stereocenters. The van der Waals surface area contributed by atoms with Crippen LogP contribution in [0.15, 0.2) is 84.5 Å². The lowest BCUT2D eigenvalue weighted by Gasteiger charge is -2.35. The van der Waals surface area contributed by atoms with E-state index in [-0.39, 0.29) is 29.9 Å². The zero-order chi connectivity index (χ0) is 26.0. The second-order valence-electron chi connectivity index (χ2n) is 9.27. The lowest BCUT2D eigenvalue weighted by atomic mass is 9.98. The van der Waals surface area contributed by atoms with Crippen molar-refractivity contribution >= 4 is 21.7 Å². The molecule has 2 atom stereocenters. The summed E-state index contributed by atoms with van der Waals surface area (Å²) in [6.45, 7) is 0.620. The summed E-state index contributed by atoms with van der Waals surface area (Å²) in [5.74, 6) is -0.975. The van der Waals surface area contributed by atoms with Gasteiger partial charge >= 0.3 is 0 Å². The molecule has 1 saturated heterocycles. The van der Waals surface area contributed by atoms with Gasteiger partial charge in [0.25, 0.3) is 5.91 Å². The molecule has 0 spiro atoms. The molecule has 2 aliphatic rings. The van der Waals surface area contributed by atoms with Crippen molar-refractivity contribution in [2.75, 3.05) is 12.3 Å². The molecule has 3 heterocycles. The highest BCUT2D eigenvalue weighted by atomic mass is 32.2. The Morgan fingerprint density at radius 2 is 1.68 bits per heavy atom. The number of likely N-dealkylation sites (tertiary alicyclic amines) is 1. The standard InChI is InChI=1S/C28H26FN3O4S/c29-24-9-7-22(8-10-24)21-3-5-23(6-4-21)27(31-16-1-2-26(31)33)28(34)32(18-20-11-14-30-15-12-20)25-13-17-37(35,36)19-25/h3-15,17,25,27H,1-2,16,18-19H2. The maximum Gasteiger partial charge on any atom is 0.250 e. The van der Waals surface area contributed by atoms with Gasteiger partial charge in [-0.25, -0.2) is 12.8 Å². The SMILES string of the molecule is O=C(C(c1ccc(-c2ccc(F)cc2)cc1)N1CCCC1=O)N(Cc1ccncc1)C1C=CS(=O)(=O)C1. The predicted octanol–water partition coefficient (Wildman–Crippen LogP) is 3.89. The van der Waals surface area contributed by atoms with Gasteiger partial charge in [0.2, 0.25) is 5.91 Å². The zero-order valence-electron chi connectivity index (χ0n) is 20.0. The number of pyridine rings is 1. The summed E-state index contributed by atoms with van der Waals surface area (Å²) in [5.41, 5.74) is 3.12. The Balaban J connectivity index is 1.51. The summed E-state index contributed by atoms with van der Waals surface area (Å²) >= 11 is 0. The van der Waals surface area contributed by atoms with Gasteiger partial charge in [0.05, 0.1) is 11.8 Å². The van der Waals surface area contributed by atoms with Crippen molar-refractivity contribution in [1.82, 2.24) is 14.8 Å². The molecule has 7 nitrogen and oxygen atoms in total. The maximum absolute atomic E-state index is 14.2. The lowest BCUT2D eigenvalue weighted by molar-refractivity contribution is -0.145. The summed E-state index contributed by atoms with van der Waals surface area (Å²) in [4.78, 5) is 34.2. The molecule has 0 aliphatic carbocycles. The van der Waals surface area contributed by atoms with E-state index in [0.29, 0.717) is 24.9 Å². The van der Waals surface area contributed by atoms with E-state index in [2.05, 4.69) is 4.98 Å². The predicted molar refractivity (Wildman–Crippen MR) is 137 cm³/mol. The molecule has 2 aliphatic heterocycles. The number of amides is 2. The van der Waals surface area contributed by atoms with Crippen LogP contribution >= 0.6 is 0 Å². The van der Waals surface area contributed by atoms with E-state index in [4.69, 9.17) is 0 Å². The molecule has 9 heteroatoms. The second-order valence-corrected chi connectivity index (χ2v) is 11.2. The minimum atomic E-state index is -3.42. The van der Waals surface area contributed by atoms with Crippen LogP contribution in [-0.2, 0) is 26.0 Å². The topological polar surface area (TPSA) is 87.7 Å². The highest BCUT2D eigenvalue weighted by Gasteiger charge is 2.40. The van der Waals surface area contributed by atoms with Crippen molar-refractivity contribution in [1.29, 1.82) is 0 Å². The summed E-state index contributed by atoms with van der Waals surface area (Å²) in [6.07, 6.45) is 5.79. The highest BCUT2D eigenvalue weighted by molar-refractivity contribution is 7.94. The van der Waals surface area contributed by atoms with Crippen LogP contribution in [0.5, 0.6) is 0 Å². The molecular weight excluding hydrogens is 493 g/mol. The van der Waals surface area contributed by atoms with Crippen molar-refractivity contribution in [2.24, 2.45) is 0 Å². The molecule has 37 heavy (non-hydrogen) atoms. The number of hydrogen-bond acceptors (Lipinski definition) is 5. The Bertz CT molecular complexity index is 1420. The van der Waals surface area contributed by atoms with E-state index in [0.717, 1.165) is 22.1 Å². The Kier molecular flexibility index (Phi) is 6.88. The van der Waals surface area contributed by atoms with Crippen LogP contribution in [0.4, 0.5) is 4.39 Å². The maximum atomic E-state index is 14.2. The van der Waals surface area contributed by atoms with Gasteiger partial charge in [-0.15, -0.1) is 0 Å². The van der Waals surface area contributed by atoms with Crippen molar-refractivity contribution in [3.63, 3.8) is 0 Å². The van der Waals surface area contributed by atoms with Gasteiger partial charge in [0.15, 0.2) is 9.84 Å². The van der Waals surface area contributed by atoms with Gasteiger partial charge in [0.1, 0.15) is 11.9 Å². The fourth-order valence-electron chi connectivity index (χ4n) is 4.85. The monoisotopic (exact) mass is 519 g/mol. The van der Waals surface area contributed by atoms with Crippen LogP contribution in [0.25, 0.3) is 11.1 Å². The summed E-state index contributed by atoms with van der Waals surface area (Å²) in [5, 5.41) is 1.15. The Labute approximate surface area is 215 Å². The largest absolute Gasteiger partial charge is 0.329 e. The molecule has 5 rings (SSSR count). The summed E-state index contributed by atoms with van der Waals surface area (Å²) < 4.78 is 37.8. The number of sulfone groups is 1. The highest BCUT2D eigenvalue weighted by Crippen LogP contribution is 2.32. The van der Waals surface area contributed by atoms with Gasteiger partial charge in [0, 0.05) is 37.3 Å². The van der Waals surface area contributed by atoms with E-state index >= 15 is 0 Å². The molecule has 2 aromatic carbocycles.